The molecule has 2 unspecified atom stereocenters. The highest BCUT2D eigenvalue weighted by atomic mass is 32.2. The molecule has 18 heavy (non-hydrogen) atoms. The Bertz CT molecular complexity index is 410. The van der Waals surface area contributed by atoms with Crippen molar-refractivity contribution in [3.8, 4) is 0 Å². The van der Waals surface area contributed by atoms with Crippen molar-refractivity contribution in [3.05, 3.63) is 0 Å². The summed E-state index contributed by atoms with van der Waals surface area (Å²) in [7, 11) is -1.32. The third-order valence-corrected chi connectivity index (χ3v) is 4.73. The normalized spacial score (nSPS) is 24.8. The molecule has 1 fully saturated rings. The fraction of sp³-hybridized carbons (Fsp3) is 0.917. The SMILES string of the molecule is CC(OC(C)(C)C)C(=O)N(C)C1CCS(=O)(=O)C1. The number of amides is 1. The van der Waals surface area contributed by atoms with Crippen molar-refractivity contribution in [2.45, 2.75) is 51.9 Å². The molecule has 1 rings (SSSR count). The van der Waals surface area contributed by atoms with Crippen LogP contribution in [0.1, 0.15) is 34.1 Å². The van der Waals surface area contributed by atoms with E-state index in [2.05, 4.69) is 0 Å². The van der Waals surface area contributed by atoms with Crippen molar-refractivity contribution < 1.29 is 17.9 Å². The highest BCUT2D eigenvalue weighted by Crippen LogP contribution is 2.19. The standard InChI is InChI=1S/C12H23NO4S/c1-9(17-12(2,3)4)11(14)13(5)10-6-7-18(15,16)8-10/h9-10H,6-8H2,1-5H3. The van der Waals surface area contributed by atoms with Gasteiger partial charge < -0.3 is 9.64 Å². The van der Waals surface area contributed by atoms with E-state index in [4.69, 9.17) is 4.74 Å². The van der Waals surface area contributed by atoms with E-state index in [1.165, 1.54) is 4.90 Å². The molecule has 6 heteroatoms. The van der Waals surface area contributed by atoms with Crippen LogP contribution in [0.25, 0.3) is 0 Å². The summed E-state index contributed by atoms with van der Waals surface area (Å²) in [5.41, 5.74) is -0.391. The smallest absolute Gasteiger partial charge is 0.251 e. The Morgan fingerprint density at radius 1 is 1.39 bits per heavy atom. The van der Waals surface area contributed by atoms with Gasteiger partial charge in [0.05, 0.1) is 17.1 Å². The summed E-state index contributed by atoms with van der Waals surface area (Å²) < 4.78 is 28.4. The quantitative estimate of drug-likeness (QED) is 0.766. The third-order valence-electron chi connectivity index (χ3n) is 2.98. The summed E-state index contributed by atoms with van der Waals surface area (Å²) >= 11 is 0. The molecule has 0 aromatic carbocycles. The molecule has 1 aliphatic rings. The summed E-state index contributed by atoms with van der Waals surface area (Å²) in [5, 5.41) is 0. The van der Waals surface area contributed by atoms with E-state index in [9.17, 15) is 13.2 Å². The van der Waals surface area contributed by atoms with Gasteiger partial charge in [0.2, 0.25) is 0 Å². The number of carbonyl (C=O) groups is 1. The maximum absolute atomic E-state index is 12.1. The van der Waals surface area contributed by atoms with Crippen LogP contribution in [0.15, 0.2) is 0 Å². The lowest BCUT2D eigenvalue weighted by Crippen LogP contribution is -2.45. The Balaban J connectivity index is 2.62. The Morgan fingerprint density at radius 2 is 1.94 bits per heavy atom. The zero-order chi connectivity index (χ0) is 14.1. The van der Waals surface area contributed by atoms with Gasteiger partial charge in [0, 0.05) is 13.1 Å². The van der Waals surface area contributed by atoms with Gasteiger partial charge in [-0.3, -0.25) is 4.79 Å². The molecule has 0 N–H and O–H groups in total. The van der Waals surface area contributed by atoms with E-state index < -0.39 is 21.5 Å². The monoisotopic (exact) mass is 277 g/mol. The molecule has 0 aromatic heterocycles. The van der Waals surface area contributed by atoms with E-state index >= 15 is 0 Å². The summed E-state index contributed by atoms with van der Waals surface area (Å²) in [6, 6.07) is -0.214. The van der Waals surface area contributed by atoms with Crippen molar-refractivity contribution in [3.63, 3.8) is 0 Å². The molecule has 0 aliphatic carbocycles. The predicted molar refractivity (Wildman–Crippen MR) is 70.1 cm³/mol. The van der Waals surface area contributed by atoms with Crippen molar-refractivity contribution in [2.75, 3.05) is 18.6 Å². The van der Waals surface area contributed by atoms with Gasteiger partial charge in [-0.05, 0) is 34.1 Å². The molecule has 0 radical (unpaired) electrons. The number of hydrogen-bond donors (Lipinski definition) is 0. The first-order valence-electron chi connectivity index (χ1n) is 6.17. The Labute approximate surface area is 109 Å². The highest BCUT2D eigenvalue weighted by Gasteiger charge is 2.35. The average Bonchev–Trinajstić information content (AvgIpc) is 2.54. The largest absolute Gasteiger partial charge is 0.363 e. The van der Waals surface area contributed by atoms with Crippen LogP contribution in [0.2, 0.25) is 0 Å². The fourth-order valence-corrected chi connectivity index (χ4v) is 3.90. The zero-order valence-electron chi connectivity index (χ0n) is 11.8. The molecule has 2 atom stereocenters. The van der Waals surface area contributed by atoms with Crippen LogP contribution in [0.4, 0.5) is 0 Å². The summed E-state index contributed by atoms with van der Waals surface area (Å²) in [4.78, 5) is 13.6. The van der Waals surface area contributed by atoms with Crippen LogP contribution in [0.3, 0.4) is 0 Å². The number of likely N-dealkylation sites (N-methyl/N-ethyl adjacent to an activating group) is 1. The van der Waals surface area contributed by atoms with Crippen molar-refractivity contribution >= 4 is 15.7 Å². The third kappa shape index (κ3) is 4.24. The number of carbonyl (C=O) groups excluding carboxylic acids is 1. The van der Waals surface area contributed by atoms with E-state index in [0.29, 0.717) is 6.42 Å². The van der Waals surface area contributed by atoms with Gasteiger partial charge in [0.1, 0.15) is 6.10 Å². The molecule has 1 saturated heterocycles. The van der Waals surface area contributed by atoms with Crippen LogP contribution < -0.4 is 0 Å². The van der Waals surface area contributed by atoms with Gasteiger partial charge in [0.15, 0.2) is 9.84 Å². The molecule has 5 nitrogen and oxygen atoms in total. The van der Waals surface area contributed by atoms with Crippen LogP contribution in [0, 0.1) is 0 Å². The second-order valence-corrected chi connectivity index (χ2v) is 8.11. The minimum absolute atomic E-state index is 0.0669. The molecule has 0 bridgehead atoms. The molecular weight excluding hydrogens is 254 g/mol. The minimum Gasteiger partial charge on any atom is -0.363 e. The average molecular weight is 277 g/mol. The minimum atomic E-state index is -2.97. The maximum Gasteiger partial charge on any atom is 0.251 e. The maximum atomic E-state index is 12.1. The lowest BCUT2D eigenvalue weighted by Gasteiger charge is -2.30. The van der Waals surface area contributed by atoms with Crippen LogP contribution in [-0.2, 0) is 19.4 Å². The molecular formula is C12H23NO4S. The molecule has 1 amide bonds. The van der Waals surface area contributed by atoms with Gasteiger partial charge in [0.25, 0.3) is 5.91 Å². The number of sulfone groups is 1. The lowest BCUT2D eigenvalue weighted by molar-refractivity contribution is -0.151. The highest BCUT2D eigenvalue weighted by molar-refractivity contribution is 7.91. The van der Waals surface area contributed by atoms with E-state index in [0.717, 1.165) is 0 Å². The van der Waals surface area contributed by atoms with Gasteiger partial charge in [-0.25, -0.2) is 8.42 Å². The van der Waals surface area contributed by atoms with Gasteiger partial charge in [-0.1, -0.05) is 0 Å². The van der Waals surface area contributed by atoms with Gasteiger partial charge in [-0.15, -0.1) is 0 Å². The van der Waals surface area contributed by atoms with E-state index in [1.807, 2.05) is 20.8 Å². The molecule has 0 spiro atoms. The van der Waals surface area contributed by atoms with Crippen molar-refractivity contribution in [2.24, 2.45) is 0 Å². The van der Waals surface area contributed by atoms with Gasteiger partial charge >= 0.3 is 0 Å². The first kappa shape index (κ1) is 15.4. The van der Waals surface area contributed by atoms with Crippen LogP contribution in [0.5, 0.6) is 0 Å². The fourth-order valence-electron chi connectivity index (χ4n) is 2.13. The topological polar surface area (TPSA) is 63.7 Å². The van der Waals surface area contributed by atoms with Crippen molar-refractivity contribution in [1.29, 1.82) is 0 Å². The number of nitrogens with zero attached hydrogens (tertiary/aromatic N) is 1. The molecule has 0 aromatic rings. The first-order valence-corrected chi connectivity index (χ1v) is 7.99. The van der Waals surface area contributed by atoms with E-state index in [1.54, 1.807) is 14.0 Å². The number of rotatable bonds is 3. The van der Waals surface area contributed by atoms with Crippen LogP contribution in [-0.4, -0.2) is 55.5 Å². The molecule has 106 valence electrons. The molecule has 1 heterocycles. The summed E-state index contributed by atoms with van der Waals surface area (Å²) in [5.74, 6) is 0.0772. The van der Waals surface area contributed by atoms with Crippen molar-refractivity contribution in [1.82, 2.24) is 4.90 Å². The van der Waals surface area contributed by atoms with Gasteiger partial charge in [-0.2, -0.15) is 0 Å². The Kier molecular flexibility index (Phi) is 4.43. The number of hydrogen-bond acceptors (Lipinski definition) is 4. The lowest BCUT2D eigenvalue weighted by atomic mass is 10.1. The Hall–Kier alpha value is -0.620. The summed E-state index contributed by atoms with van der Waals surface area (Å²) in [6.45, 7) is 7.36. The summed E-state index contributed by atoms with van der Waals surface area (Å²) in [6.07, 6.45) is -0.0365. The zero-order valence-corrected chi connectivity index (χ0v) is 12.6. The first-order chi connectivity index (χ1) is 8.02. The Morgan fingerprint density at radius 3 is 2.33 bits per heavy atom. The van der Waals surface area contributed by atoms with E-state index in [-0.39, 0.29) is 23.5 Å². The number of ether oxygens (including phenoxy) is 1. The van der Waals surface area contributed by atoms with Crippen LogP contribution >= 0.6 is 0 Å². The second kappa shape index (κ2) is 5.17. The second-order valence-electron chi connectivity index (χ2n) is 5.88. The molecule has 0 saturated carbocycles. The predicted octanol–water partition coefficient (Wildman–Crippen LogP) is 0.836. The molecule has 1 aliphatic heterocycles.